The number of nitrogens with zero attached hydrogens (tertiary/aromatic N) is 2. The van der Waals surface area contributed by atoms with Crippen molar-refractivity contribution in [1.29, 1.82) is 5.41 Å². The highest BCUT2D eigenvalue weighted by molar-refractivity contribution is 5.95. The van der Waals surface area contributed by atoms with Crippen molar-refractivity contribution in [2.24, 2.45) is 5.73 Å². The molecule has 0 amide bonds. The first-order valence-electron chi connectivity index (χ1n) is 5.17. The van der Waals surface area contributed by atoms with Crippen molar-refractivity contribution in [2.75, 3.05) is 7.11 Å². The van der Waals surface area contributed by atoms with Crippen LogP contribution in [0.5, 0.6) is 5.75 Å². The number of nitrogens with two attached hydrogens (primary N) is 1. The van der Waals surface area contributed by atoms with E-state index in [1.807, 2.05) is 31.2 Å². The van der Waals surface area contributed by atoms with Crippen LogP contribution >= 0.6 is 0 Å². The van der Waals surface area contributed by atoms with Crippen LogP contribution in [-0.2, 0) is 0 Å². The minimum atomic E-state index is 0.0247. The molecule has 0 unspecified atom stereocenters. The predicted octanol–water partition coefficient (Wildman–Crippen LogP) is 1.47. The fourth-order valence-corrected chi connectivity index (χ4v) is 1.61. The van der Waals surface area contributed by atoms with E-state index >= 15 is 0 Å². The van der Waals surface area contributed by atoms with E-state index in [1.165, 1.54) is 0 Å². The first kappa shape index (κ1) is 11.2. The van der Waals surface area contributed by atoms with E-state index in [1.54, 1.807) is 18.0 Å². The normalized spacial score (nSPS) is 10.2. The Bertz CT molecular complexity index is 559. The number of methoxy groups -OCH3 is 1. The average molecular weight is 230 g/mol. The molecular formula is C12H14N4O. The molecule has 88 valence electrons. The average Bonchev–Trinajstić information content (AvgIpc) is 2.71. The molecule has 0 fully saturated rings. The van der Waals surface area contributed by atoms with E-state index < -0.39 is 0 Å². The second-order valence-corrected chi connectivity index (χ2v) is 3.69. The van der Waals surface area contributed by atoms with Crippen LogP contribution in [-0.4, -0.2) is 22.7 Å². The van der Waals surface area contributed by atoms with Crippen LogP contribution in [0, 0.1) is 12.3 Å². The summed E-state index contributed by atoms with van der Waals surface area (Å²) in [5, 5.41) is 11.7. The molecule has 5 heteroatoms. The Balaban J connectivity index is 2.46. The van der Waals surface area contributed by atoms with Crippen LogP contribution < -0.4 is 10.5 Å². The zero-order valence-corrected chi connectivity index (χ0v) is 9.77. The molecule has 5 nitrogen and oxygen atoms in total. The Morgan fingerprint density at radius 1 is 1.47 bits per heavy atom. The number of amidine groups is 1. The molecule has 3 N–H and O–H groups in total. The highest BCUT2D eigenvalue weighted by Gasteiger charge is 2.08. The van der Waals surface area contributed by atoms with Crippen molar-refractivity contribution < 1.29 is 4.74 Å². The van der Waals surface area contributed by atoms with Crippen molar-refractivity contribution in [2.45, 2.75) is 6.92 Å². The van der Waals surface area contributed by atoms with E-state index in [4.69, 9.17) is 15.9 Å². The van der Waals surface area contributed by atoms with Gasteiger partial charge < -0.3 is 10.5 Å². The molecule has 0 spiro atoms. The van der Waals surface area contributed by atoms with Crippen molar-refractivity contribution in [3.63, 3.8) is 0 Å². The summed E-state index contributed by atoms with van der Waals surface area (Å²) >= 11 is 0. The van der Waals surface area contributed by atoms with E-state index in [0.29, 0.717) is 5.56 Å². The van der Waals surface area contributed by atoms with Gasteiger partial charge in [0.15, 0.2) is 0 Å². The number of aryl methyl sites for hydroxylation is 1. The van der Waals surface area contributed by atoms with Crippen molar-refractivity contribution in [3.8, 4) is 11.4 Å². The van der Waals surface area contributed by atoms with E-state index in [-0.39, 0.29) is 5.84 Å². The van der Waals surface area contributed by atoms with Crippen LogP contribution in [0.1, 0.15) is 11.3 Å². The highest BCUT2D eigenvalue weighted by Crippen LogP contribution is 2.17. The molecule has 1 heterocycles. The number of ether oxygens (including phenoxy) is 1. The summed E-state index contributed by atoms with van der Waals surface area (Å²) < 4.78 is 6.84. The number of benzene rings is 1. The van der Waals surface area contributed by atoms with Crippen LogP contribution in [0.2, 0.25) is 0 Å². The van der Waals surface area contributed by atoms with Gasteiger partial charge in [-0.25, -0.2) is 4.68 Å². The van der Waals surface area contributed by atoms with Crippen LogP contribution in [0.4, 0.5) is 0 Å². The van der Waals surface area contributed by atoms with E-state index in [9.17, 15) is 0 Å². The Morgan fingerprint density at radius 2 is 2.24 bits per heavy atom. The molecule has 2 rings (SSSR count). The van der Waals surface area contributed by atoms with Gasteiger partial charge in [0.25, 0.3) is 0 Å². The van der Waals surface area contributed by atoms with Crippen LogP contribution in [0.15, 0.2) is 30.5 Å². The maximum absolute atomic E-state index is 7.43. The van der Waals surface area contributed by atoms with E-state index in [0.717, 1.165) is 17.1 Å². The number of nitrogen functional groups attached to an aromatic ring is 1. The Kier molecular flexibility index (Phi) is 2.82. The number of hydrogen-bond acceptors (Lipinski definition) is 3. The number of rotatable bonds is 3. The highest BCUT2D eigenvalue weighted by atomic mass is 16.5. The van der Waals surface area contributed by atoms with Crippen LogP contribution in [0.25, 0.3) is 5.69 Å². The third-order valence-corrected chi connectivity index (χ3v) is 2.51. The zero-order valence-electron chi connectivity index (χ0n) is 9.77. The zero-order chi connectivity index (χ0) is 12.4. The number of aromatic nitrogens is 2. The third-order valence-electron chi connectivity index (χ3n) is 2.51. The number of hydrogen-bond donors (Lipinski definition) is 2. The van der Waals surface area contributed by atoms with Gasteiger partial charge in [-0.3, -0.25) is 5.41 Å². The largest absolute Gasteiger partial charge is 0.497 e. The molecule has 0 bridgehead atoms. The summed E-state index contributed by atoms with van der Waals surface area (Å²) in [7, 11) is 1.62. The minimum Gasteiger partial charge on any atom is -0.497 e. The van der Waals surface area contributed by atoms with Gasteiger partial charge in [-0.05, 0) is 19.1 Å². The first-order valence-corrected chi connectivity index (χ1v) is 5.17. The summed E-state index contributed by atoms with van der Waals surface area (Å²) in [6, 6.07) is 7.54. The molecule has 0 aliphatic heterocycles. The summed E-state index contributed by atoms with van der Waals surface area (Å²) in [5.74, 6) is 0.789. The first-order chi connectivity index (χ1) is 8.11. The quantitative estimate of drug-likeness (QED) is 0.619. The summed E-state index contributed by atoms with van der Waals surface area (Å²) in [4.78, 5) is 0. The van der Waals surface area contributed by atoms with Gasteiger partial charge in [0.1, 0.15) is 11.6 Å². The predicted molar refractivity (Wildman–Crippen MR) is 65.9 cm³/mol. The van der Waals surface area contributed by atoms with Gasteiger partial charge >= 0.3 is 0 Å². The lowest BCUT2D eigenvalue weighted by atomic mass is 10.2. The molecule has 1 aromatic carbocycles. The van der Waals surface area contributed by atoms with Gasteiger partial charge in [0.05, 0.1) is 24.1 Å². The van der Waals surface area contributed by atoms with E-state index in [2.05, 4.69) is 5.10 Å². The lowest BCUT2D eigenvalue weighted by Crippen LogP contribution is -2.11. The van der Waals surface area contributed by atoms with Gasteiger partial charge in [0.2, 0.25) is 0 Å². The smallest absolute Gasteiger partial charge is 0.126 e. The molecular weight excluding hydrogens is 216 g/mol. The molecule has 0 atom stereocenters. The third kappa shape index (κ3) is 2.13. The molecule has 0 aliphatic rings. The SMILES string of the molecule is COc1cccc(-n2cc(C(=N)N)c(C)n2)c1. The van der Waals surface area contributed by atoms with Crippen molar-refractivity contribution in [1.82, 2.24) is 9.78 Å². The second kappa shape index (κ2) is 4.29. The standard InChI is InChI=1S/C12H14N4O/c1-8-11(12(13)14)7-16(15-8)9-4-3-5-10(6-9)17-2/h3-7H,1-2H3,(H3,13,14). The van der Waals surface area contributed by atoms with Gasteiger partial charge in [-0.15, -0.1) is 0 Å². The van der Waals surface area contributed by atoms with Crippen LogP contribution in [0.3, 0.4) is 0 Å². The molecule has 0 radical (unpaired) electrons. The molecule has 1 aromatic heterocycles. The lowest BCUT2D eigenvalue weighted by Gasteiger charge is -2.03. The lowest BCUT2D eigenvalue weighted by molar-refractivity contribution is 0.414. The maximum atomic E-state index is 7.43. The molecule has 17 heavy (non-hydrogen) atoms. The topological polar surface area (TPSA) is 76.9 Å². The van der Waals surface area contributed by atoms with Gasteiger partial charge in [0, 0.05) is 12.3 Å². The maximum Gasteiger partial charge on any atom is 0.126 e. The molecule has 0 saturated heterocycles. The minimum absolute atomic E-state index is 0.0247. The van der Waals surface area contributed by atoms with Crippen molar-refractivity contribution >= 4 is 5.84 Å². The monoisotopic (exact) mass is 230 g/mol. The molecule has 0 aliphatic carbocycles. The Hall–Kier alpha value is -2.30. The summed E-state index contributed by atoms with van der Waals surface area (Å²) in [6.45, 7) is 1.83. The number of nitrogens with one attached hydrogen (secondary N) is 1. The molecule has 0 saturated carbocycles. The van der Waals surface area contributed by atoms with Crippen molar-refractivity contribution in [3.05, 3.63) is 41.7 Å². The Morgan fingerprint density at radius 3 is 2.82 bits per heavy atom. The molecule has 2 aromatic rings. The summed E-state index contributed by atoms with van der Waals surface area (Å²) in [5.41, 5.74) is 7.72. The Labute approximate surface area is 99.3 Å². The fourth-order valence-electron chi connectivity index (χ4n) is 1.61. The fraction of sp³-hybridized carbons (Fsp3) is 0.167. The van der Waals surface area contributed by atoms with Gasteiger partial charge in [-0.1, -0.05) is 6.07 Å². The second-order valence-electron chi connectivity index (χ2n) is 3.69. The van der Waals surface area contributed by atoms with Gasteiger partial charge in [-0.2, -0.15) is 5.10 Å². The summed E-state index contributed by atoms with van der Waals surface area (Å²) in [6.07, 6.45) is 1.74.